The van der Waals surface area contributed by atoms with Gasteiger partial charge in [-0.1, -0.05) is 46.9 Å². The summed E-state index contributed by atoms with van der Waals surface area (Å²) in [5.41, 5.74) is 4.00. The molecule has 1 aromatic carbocycles. The molecule has 0 unspecified atom stereocenters. The monoisotopic (exact) mass is 526 g/mol. The zero-order valence-corrected chi connectivity index (χ0v) is 21.4. The fraction of sp³-hybridized carbons (Fsp3) is 0.217. The van der Waals surface area contributed by atoms with E-state index in [4.69, 9.17) is 0 Å². The number of aromatic nitrogens is 3. The first-order valence-corrected chi connectivity index (χ1v) is 13.2. The Morgan fingerprint density at radius 3 is 2.83 bits per heavy atom. The summed E-state index contributed by atoms with van der Waals surface area (Å²) >= 11 is 3.53. The third-order valence-electron chi connectivity index (χ3n) is 4.87. The molecule has 4 rings (SSSR count). The van der Waals surface area contributed by atoms with Gasteiger partial charge < -0.3 is 10.6 Å². The number of thioether (sulfide) groups is 2. The first-order valence-electron chi connectivity index (χ1n) is 10.6. The lowest BCUT2D eigenvalue weighted by atomic mass is 10.1. The molecule has 9 nitrogen and oxygen atoms in total. The van der Waals surface area contributed by atoms with Gasteiger partial charge in [-0.2, -0.15) is 0 Å². The number of nitrogens with one attached hydrogen (secondary N) is 2. The number of carbonyl (C=O) groups is 3. The van der Waals surface area contributed by atoms with Crippen LogP contribution >= 0.6 is 34.9 Å². The number of rotatable bonds is 9. The molecule has 2 N–H and O–H groups in total. The Hall–Kier alpha value is -3.22. The number of carbonyl (C=O) groups excluding carboxylic acids is 3. The van der Waals surface area contributed by atoms with E-state index in [0.717, 1.165) is 33.5 Å². The Balaban J connectivity index is 1.21. The third kappa shape index (κ3) is 6.68. The standard InChI is InChI=1S/C23H22N6O3S3/c1-14-5-6-17(15(2)10-14)26-21-27-28-22(35-21)33-13-19(30)25-8-9-29-20(31)18(34-23(29)32)11-16-4-3-7-24-12-16/h3-7,10-12H,8-9,13H2,1-2H3,(H,25,30)(H,26,27). The molecule has 2 aromatic heterocycles. The quantitative estimate of drug-likeness (QED) is 0.312. The first kappa shape index (κ1) is 24.9. The Kier molecular flexibility index (Phi) is 8.16. The molecule has 1 aliphatic heterocycles. The van der Waals surface area contributed by atoms with E-state index in [2.05, 4.69) is 31.9 Å². The lowest BCUT2D eigenvalue weighted by Gasteiger charge is -2.12. The van der Waals surface area contributed by atoms with E-state index in [-0.39, 0.29) is 35.9 Å². The summed E-state index contributed by atoms with van der Waals surface area (Å²) in [7, 11) is 0. The number of amides is 3. The van der Waals surface area contributed by atoms with Gasteiger partial charge in [0.05, 0.1) is 10.7 Å². The maximum Gasteiger partial charge on any atom is 0.293 e. The Morgan fingerprint density at radius 2 is 2.06 bits per heavy atom. The summed E-state index contributed by atoms with van der Waals surface area (Å²) in [6.07, 6.45) is 4.89. The van der Waals surface area contributed by atoms with E-state index in [1.54, 1.807) is 30.6 Å². The second-order valence-corrected chi connectivity index (χ2v) is 10.8. The third-order valence-corrected chi connectivity index (χ3v) is 7.75. The van der Waals surface area contributed by atoms with Crippen molar-refractivity contribution in [3.8, 4) is 0 Å². The number of imide groups is 1. The van der Waals surface area contributed by atoms with E-state index < -0.39 is 0 Å². The Bertz CT molecular complexity index is 1280. The van der Waals surface area contributed by atoms with Crippen molar-refractivity contribution < 1.29 is 14.4 Å². The molecule has 1 fully saturated rings. The number of aryl methyl sites for hydroxylation is 2. The first-order chi connectivity index (χ1) is 16.9. The SMILES string of the molecule is Cc1ccc(Nc2nnc(SCC(=O)NCCN3C(=O)SC(=Cc4cccnc4)C3=O)s2)c(C)c1. The van der Waals surface area contributed by atoms with Crippen LogP contribution in [0.2, 0.25) is 0 Å². The number of nitrogens with zero attached hydrogens (tertiary/aromatic N) is 4. The van der Waals surface area contributed by atoms with Crippen LogP contribution in [0.25, 0.3) is 6.08 Å². The predicted molar refractivity (Wildman–Crippen MR) is 140 cm³/mol. The van der Waals surface area contributed by atoms with Gasteiger partial charge in [0.2, 0.25) is 11.0 Å². The van der Waals surface area contributed by atoms with Gasteiger partial charge in [0, 0.05) is 31.2 Å². The molecule has 180 valence electrons. The zero-order chi connectivity index (χ0) is 24.8. The molecule has 0 aliphatic carbocycles. The van der Waals surface area contributed by atoms with E-state index in [1.807, 2.05) is 26.0 Å². The maximum atomic E-state index is 12.5. The van der Waals surface area contributed by atoms with Gasteiger partial charge in [-0.3, -0.25) is 24.3 Å². The predicted octanol–water partition coefficient (Wildman–Crippen LogP) is 4.24. The van der Waals surface area contributed by atoms with Crippen LogP contribution in [0, 0.1) is 13.8 Å². The smallest absolute Gasteiger partial charge is 0.293 e. The second kappa shape index (κ2) is 11.5. The second-order valence-electron chi connectivity index (χ2n) is 7.57. The number of hydrogen-bond acceptors (Lipinski definition) is 10. The number of benzene rings is 1. The van der Waals surface area contributed by atoms with Crippen molar-refractivity contribution in [2.24, 2.45) is 0 Å². The zero-order valence-electron chi connectivity index (χ0n) is 19.0. The lowest BCUT2D eigenvalue weighted by molar-refractivity contribution is -0.123. The number of anilines is 2. The molecule has 35 heavy (non-hydrogen) atoms. The molecule has 1 saturated heterocycles. The maximum absolute atomic E-state index is 12.5. The van der Waals surface area contributed by atoms with Crippen molar-refractivity contribution in [2.45, 2.75) is 18.2 Å². The Labute approximate surface area is 214 Å². The van der Waals surface area contributed by atoms with Gasteiger partial charge in [-0.25, -0.2) is 0 Å². The molecular formula is C23H22N6O3S3. The molecule has 0 atom stereocenters. The van der Waals surface area contributed by atoms with Crippen molar-refractivity contribution in [1.82, 2.24) is 25.4 Å². The lowest BCUT2D eigenvalue weighted by Crippen LogP contribution is -2.37. The fourth-order valence-corrected chi connectivity index (χ4v) is 5.64. The van der Waals surface area contributed by atoms with Crippen LogP contribution in [0.3, 0.4) is 0 Å². The van der Waals surface area contributed by atoms with Crippen LogP contribution < -0.4 is 10.6 Å². The average Bonchev–Trinajstić information content (AvgIpc) is 3.39. The summed E-state index contributed by atoms with van der Waals surface area (Å²) < 4.78 is 0.666. The molecule has 0 bridgehead atoms. The molecule has 0 spiro atoms. The van der Waals surface area contributed by atoms with Crippen LogP contribution in [0.1, 0.15) is 16.7 Å². The molecule has 0 saturated carbocycles. The summed E-state index contributed by atoms with van der Waals surface area (Å²) in [5.74, 6) is -0.432. The normalized spacial score (nSPS) is 14.6. The van der Waals surface area contributed by atoms with Crippen molar-refractivity contribution in [3.63, 3.8) is 0 Å². The van der Waals surface area contributed by atoms with Gasteiger partial charge in [0.15, 0.2) is 4.34 Å². The van der Waals surface area contributed by atoms with Crippen molar-refractivity contribution >= 4 is 68.8 Å². The van der Waals surface area contributed by atoms with E-state index in [0.29, 0.717) is 14.4 Å². The highest BCUT2D eigenvalue weighted by Gasteiger charge is 2.34. The van der Waals surface area contributed by atoms with Gasteiger partial charge in [0.25, 0.3) is 11.1 Å². The van der Waals surface area contributed by atoms with Crippen molar-refractivity contribution in [3.05, 3.63) is 64.3 Å². The summed E-state index contributed by atoms with van der Waals surface area (Å²) in [5, 5.41) is 14.5. The number of hydrogen-bond donors (Lipinski definition) is 2. The van der Waals surface area contributed by atoms with Gasteiger partial charge in [-0.05, 0) is 54.9 Å². The van der Waals surface area contributed by atoms with Crippen LogP contribution in [-0.4, -0.2) is 56.0 Å². The van der Waals surface area contributed by atoms with E-state index in [1.165, 1.54) is 28.7 Å². The van der Waals surface area contributed by atoms with Crippen LogP contribution in [0.4, 0.5) is 15.6 Å². The van der Waals surface area contributed by atoms with E-state index in [9.17, 15) is 14.4 Å². The minimum atomic E-state index is -0.370. The highest BCUT2D eigenvalue weighted by molar-refractivity contribution is 8.18. The highest BCUT2D eigenvalue weighted by atomic mass is 32.2. The minimum Gasteiger partial charge on any atom is -0.354 e. The van der Waals surface area contributed by atoms with Crippen LogP contribution in [-0.2, 0) is 9.59 Å². The highest BCUT2D eigenvalue weighted by Crippen LogP contribution is 2.32. The van der Waals surface area contributed by atoms with Crippen molar-refractivity contribution in [2.75, 3.05) is 24.2 Å². The molecule has 12 heteroatoms. The van der Waals surface area contributed by atoms with Crippen molar-refractivity contribution in [1.29, 1.82) is 0 Å². The van der Waals surface area contributed by atoms with Gasteiger partial charge in [-0.15, -0.1) is 10.2 Å². The molecule has 3 amide bonds. The molecule has 3 heterocycles. The molecule has 1 aliphatic rings. The average molecular weight is 527 g/mol. The summed E-state index contributed by atoms with van der Waals surface area (Å²) in [4.78, 5) is 42.5. The van der Waals surface area contributed by atoms with Gasteiger partial charge >= 0.3 is 0 Å². The molecule has 3 aromatic rings. The number of pyridine rings is 1. The summed E-state index contributed by atoms with van der Waals surface area (Å²) in [6.45, 7) is 4.34. The minimum absolute atomic E-state index is 0.105. The van der Waals surface area contributed by atoms with E-state index >= 15 is 0 Å². The molecular weight excluding hydrogens is 504 g/mol. The summed E-state index contributed by atoms with van der Waals surface area (Å²) in [6, 6.07) is 9.67. The fourth-order valence-electron chi connectivity index (χ4n) is 3.18. The van der Waals surface area contributed by atoms with Crippen LogP contribution in [0.5, 0.6) is 0 Å². The molecule has 0 radical (unpaired) electrons. The largest absolute Gasteiger partial charge is 0.354 e. The Morgan fingerprint density at radius 1 is 1.20 bits per heavy atom. The topological polar surface area (TPSA) is 117 Å². The van der Waals surface area contributed by atoms with Gasteiger partial charge in [0.1, 0.15) is 0 Å². The van der Waals surface area contributed by atoms with Crippen LogP contribution in [0.15, 0.2) is 52.0 Å².